The van der Waals surface area contributed by atoms with E-state index >= 15 is 0 Å². The molecule has 0 amide bonds. The third-order valence-electron chi connectivity index (χ3n) is 4.09. The first kappa shape index (κ1) is 13.6. The summed E-state index contributed by atoms with van der Waals surface area (Å²) < 4.78 is 0. The van der Waals surface area contributed by atoms with Gasteiger partial charge in [-0.05, 0) is 49.8 Å². The SMILES string of the molecule is CC1CCC(C)N(Cc2ccc(CCN)cc2)C1. The number of benzene rings is 1. The molecule has 2 N–H and O–H groups in total. The highest BCUT2D eigenvalue weighted by Crippen LogP contribution is 2.23. The molecule has 1 aliphatic rings. The topological polar surface area (TPSA) is 29.3 Å². The third kappa shape index (κ3) is 3.56. The first-order valence-electron chi connectivity index (χ1n) is 7.21. The van der Waals surface area contributed by atoms with Crippen molar-refractivity contribution >= 4 is 0 Å². The van der Waals surface area contributed by atoms with Gasteiger partial charge >= 0.3 is 0 Å². The van der Waals surface area contributed by atoms with Crippen LogP contribution in [0.4, 0.5) is 0 Å². The fraction of sp³-hybridized carbons (Fsp3) is 0.625. The fourth-order valence-corrected chi connectivity index (χ4v) is 2.81. The van der Waals surface area contributed by atoms with Crippen LogP contribution in [0.5, 0.6) is 0 Å². The first-order valence-corrected chi connectivity index (χ1v) is 7.21. The van der Waals surface area contributed by atoms with E-state index in [2.05, 4.69) is 43.0 Å². The maximum absolute atomic E-state index is 5.57. The molecule has 100 valence electrons. The van der Waals surface area contributed by atoms with Crippen molar-refractivity contribution in [1.82, 2.24) is 4.90 Å². The zero-order chi connectivity index (χ0) is 13.0. The van der Waals surface area contributed by atoms with E-state index in [9.17, 15) is 0 Å². The van der Waals surface area contributed by atoms with Crippen LogP contribution in [-0.4, -0.2) is 24.0 Å². The molecule has 1 aromatic rings. The summed E-state index contributed by atoms with van der Waals surface area (Å²) in [6, 6.07) is 9.69. The number of likely N-dealkylation sites (tertiary alicyclic amines) is 1. The van der Waals surface area contributed by atoms with E-state index in [1.165, 1.54) is 30.5 Å². The Morgan fingerprint density at radius 3 is 2.44 bits per heavy atom. The molecule has 1 aliphatic heterocycles. The van der Waals surface area contributed by atoms with Crippen molar-refractivity contribution in [2.75, 3.05) is 13.1 Å². The fourth-order valence-electron chi connectivity index (χ4n) is 2.81. The average Bonchev–Trinajstić information content (AvgIpc) is 2.37. The number of hydrogen-bond acceptors (Lipinski definition) is 2. The Bertz CT molecular complexity index is 358. The molecule has 1 saturated heterocycles. The van der Waals surface area contributed by atoms with Crippen molar-refractivity contribution in [2.24, 2.45) is 11.7 Å². The highest BCUT2D eigenvalue weighted by molar-refractivity contribution is 5.22. The van der Waals surface area contributed by atoms with Gasteiger partial charge in [0.25, 0.3) is 0 Å². The van der Waals surface area contributed by atoms with Crippen molar-refractivity contribution in [3.8, 4) is 0 Å². The Labute approximate surface area is 111 Å². The van der Waals surface area contributed by atoms with E-state index < -0.39 is 0 Å². The molecule has 18 heavy (non-hydrogen) atoms. The molecule has 1 fully saturated rings. The lowest BCUT2D eigenvalue weighted by Crippen LogP contribution is -2.40. The molecular formula is C16H26N2. The number of rotatable bonds is 4. The molecule has 2 unspecified atom stereocenters. The predicted molar refractivity (Wildman–Crippen MR) is 77.5 cm³/mol. The van der Waals surface area contributed by atoms with Gasteiger partial charge in [-0.25, -0.2) is 0 Å². The summed E-state index contributed by atoms with van der Waals surface area (Å²) >= 11 is 0. The third-order valence-corrected chi connectivity index (χ3v) is 4.09. The summed E-state index contributed by atoms with van der Waals surface area (Å²) in [5.74, 6) is 0.845. The molecular weight excluding hydrogens is 220 g/mol. The first-order chi connectivity index (χ1) is 8.69. The summed E-state index contributed by atoms with van der Waals surface area (Å²) in [5, 5.41) is 0. The molecule has 0 saturated carbocycles. The summed E-state index contributed by atoms with van der Waals surface area (Å²) in [5.41, 5.74) is 8.35. The average molecular weight is 246 g/mol. The molecule has 2 heteroatoms. The van der Waals surface area contributed by atoms with Crippen LogP contribution in [0.1, 0.15) is 37.8 Å². The van der Waals surface area contributed by atoms with Gasteiger partial charge in [0.2, 0.25) is 0 Å². The second-order valence-corrected chi connectivity index (χ2v) is 5.82. The number of nitrogens with zero attached hydrogens (tertiary/aromatic N) is 1. The van der Waals surface area contributed by atoms with Gasteiger partial charge in [-0.15, -0.1) is 0 Å². The van der Waals surface area contributed by atoms with Crippen LogP contribution in [0.2, 0.25) is 0 Å². The van der Waals surface area contributed by atoms with Gasteiger partial charge in [0, 0.05) is 19.1 Å². The Hall–Kier alpha value is -0.860. The van der Waals surface area contributed by atoms with Gasteiger partial charge in [-0.2, -0.15) is 0 Å². The molecule has 1 aromatic carbocycles. The zero-order valence-electron chi connectivity index (χ0n) is 11.7. The second kappa shape index (κ2) is 6.35. The molecule has 0 aromatic heterocycles. The van der Waals surface area contributed by atoms with E-state index in [1.807, 2.05) is 0 Å². The Balaban J connectivity index is 1.95. The number of nitrogens with two attached hydrogens (primary N) is 1. The lowest BCUT2D eigenvalue weighted by atomic mass is 9.94. The molecule has 2 atom stereocenters. The molecule has 0 bridgehead atoms. The maximum Gasteiger partial charge on any atom is 0.0236 e. The Kier molecular flexibility index (Phi) is 4.79. The zero-order valence-corrected chi connectivity index (χ0v) is 11.7. The molecule has 2 rings (SSSR count). The van der Waals surface area contributed by atoms with Gasteiger partial charge in [-0.3, -0.25) is 4.90 Å². The highest BCUT2D eigenvalue weighted by atomic mass is 15.2. The minimum Gasteiger partial charge on any atom is -0.330 e. The van der Waals surface area contributed by atoms with Crippen LogP contribution in [0.15, 0.2) is 24.3 Å². The van der Waals surface area contributed by atoms with Crippen LogP contribution < -0.4 is 5.73 Å². The van der Waals surface area contributed by atoms with E-state index in [4.69, 9.17) is 5.73 Å². The Morgan fingerprint density at radius 1 is 1.11 bits per heavy atom. The van der Waals surface area contributed by atoms with E-state index in [-0.39, 0.29) is 0 Å². The normalized spacial score (nSPS) is 25.3. The van der Waals surface area contributed by atoms with Gasteiger partial charge in [-0.1, -0.05) is 31.2 Å². The highest BCUT2D eigenvalue weighted by Gasteiger charge is 2.22. The van der Waals surface area contributed by atoms with Crippen molar-refractivity contribution in [3.63, 3.8) is 0 Å². The minimum atomic E-state index is 0.727. The van der Waals surface area contributed by atoms with Gasteiger partial charge in [0.05, 0.1) is 0 Å². The number of piperidine rings is 1. The summed E-state index contributed by atoms with van der Waals surface area (Å²) in [6.45, 7) is 7.79. The molecule has 1 heterocycles. The summed E-state index contributed by atoms with van der Waals surface area (Å²) in [4.78, 5) is 2.62. The van der Waals surface area contributed by atoms with Crippen molar-refractivity contribution in [2.45, 2.75) is 45.7 Å². The lowest BCUT2D eigenvalue weighted by Gasteiger charge is -2.36. The van der Waals surface area contributed by atoms with Crippen molar-refractivity contribution in [3.05, 3.63) is 35.4 Å². The molecule has 0 aliphatic carbocycles. The largest absolute Gasteiger partial charge is 0.330 e. The molecule has 0 radical (unpaired) electrons. The monoisotopic (exact) mass is 246 g/mol. The molecule has 0 spiro atoms. The predicted octanol–water partition coefficient (Wildman–Crippen LogP) is 2.81. The summed E-state index contributed by atoms with van der Waals surface area (Å²) in [7, 11) is 0. The van der Waals surface area contributed by atoms with Crippen LogP contribution in [0.25, 0.3) is 0 Å². The van der Waals surface area contributed by atoms with E-state index in [0.29, 0.717) is 0 Å². The van der Waals surface area contributed by atoms with Gasteiger partial charge in [0.1, 0.15) is 0 Å². The number of hydrogen-bond donors (Lipinski definition) is 1. The maximum atomic E-state index is 5.57. The van der Waals surface area contributed by atoms with Crippen LogP contribution >= 0.6 is 0 Å². The minimum absolute atomic E-state index is 0.727. The summed E-state index contributed by atoms with van der Waals surface area (Å²) in [6.07, 6.45) is 3.71. The lowest BCUT2D eigenvalue weighted by molar-refractivity contribution is 0.117. The van der Waals surface area contributed by atoms with E-state index in [1.54, 1.807) is 0 Å². The Morgan fingerprint density at radius 2 is 1.78 bits per heavy atom. The molecule has 2 nitrogen and oxygen atoms in total. The van der Waals surface area contributed by atoms with Crippen LogP contribution in [-0.2, 0) is 13.0 Å². The van der Waals surface area contributed by atoms with Crippen LogP contribution in [0.3, 0.4) is 0 Å². The van der Waals surface area contributed by atoms with Gasteiger partial charge < -0.3 is 5.73 Å². The van der Waals surface area contributed by atoms with Gasteiger partial charge in [0.15, 0.2) is 0 Å². The van der Waals surface area contributed by atoms with Crippen molar-refractivity contribution < 1.29 is 0 Å². The quantitative estimate of drug-likeness (QED) is 0.885. The second-order valence-electron chi connectivity index (χ2n) is 5.82. The van der Waals surface area contributed by atoms with Crippen LogP contribution in [0, 0.1) is 5.92 Å². The van der Waals surface area contributed by atoms with E-state index in [0.717, 1.165) is 31.5 Å². The smallest absolute Gasteiger partial charge is 0.0236 e. The van der Waals surface area contributed by atoms with Crippen molar-refractivity contribution in [1.29, 1.82) is 0 Å². The standard InChI is InChI=1S/C16H26N2/c1-13-3-4-14(2)18(11-13)12-16-7-5-15(6-8-16)9-10-17/h5-8,13-14H,3-4,9-12,17H2,1-2H3.